The first-order chi connectivity index (χ1) is 15.3. The van der Waals surface area contributed by atoms with Crippen molar-refractivity contribution in [2.24, 2.45) is 0 Å². The number of phenolic OH excluding ortho intramolecular Hbond substituents is 3. The van der Waals surface area contributed by atoms with Gasteiger partial charge in [0.2, 0.25) is 0 Å². The molecule has 0 heterocycles. The Morgan fingerprint density at radius 1 is 0.562 bits per heavy atom. The van der Waals surface area contributed by atoms with Gasteiger partial charge in [0.15, 0.2) is 0 Å². The van der Waals surface area contributed by atoms with Crippen molar-refractivity contribution < 1.29 is 20.1 Å². The maximum absolute atomic E-state index is 10.1. The van der Waals surface area contributed by atoms with E-state index >= 15 is 0 Å². The Balaban J connectivity index is 1.77. The summed E-state index contributed by atoms with van der Waals surface area (Å²) in [4.78, 5) is 1.99. The van der Waals surface area contributed by atoms with Gasteiger partial charge in [0, 0.05) is 23.9 Å². The Morgan fingerprint density at radius 2 is 1.03 bits per heavy atom. The maximum atomic E-state index is 10.1. The zero-order chi connectivity index (χ0) is 22.8. The molecule has 0 atom stereocenters. The number of ether oxygens (including phenoxy) is 1. The number of phenols is 3. The van der Waals surface area contributed by atoms with Crippen LogP contribution in [0.2, 0.25) is 0 Å². The highest BCUT2D eigenvalue weighted by molar-refractivity contribution is 5.81. The summed E-state index contributed by atoms with van der Waals surface area (Å²) in [5, 5.41) is 30.0. The molecule has 0 amide bonds. The van der Waals surface area contributed by atoms with Gasteiger partial charge in [-0.2, -0.15) is 0 Å². The van der Waals surface area contributed by atoms with Crippen LogP contribution in [0.1, 0.15) is 16.7 Å². The number of aromatic hydroxyl groups is 3. The molecule has 162 valence electrons. The summed E-state index contributed by atoms with van der Waals surface area (Å²) in [7, 11) is 0. The molecule has 4 aromatic carbocycles. The standard InChI is InChI=1S/C27H25NO4/c1-17-4-9-21(29)14-25(17)28(26-15-22(30)10-5-18(26)2)20-7-12-24(13-8-20)32-27-16-23(31)11-6-19(27)3/h4-16,29-31H,1-3H3. The van der Waals surface area contributed by atoms with E-state index in [9.17, 15) is 15.3 Å². The fourth-order valence-electron chi connectivity index (χ4n) is 3.57. The quantitative estimate of drug-likeness (QED) is 0.320. The third-order valence-electron chi connectivity index (χ3n) is 5.36. The lowest BCUT2D eigenvalue weighted by molar-refractivity contribution is 0.453. The number of benzene rings is 4. The molecule has 0 aliphatic carbocycles. The Bertz CT molecular complexity index is 1210. The number of nitrogens with zero attached hydrogens (tertiary/aromatic N) is 1. The second-order valence-electron chi connectivity index (χ2n) is 7.82. The zero-order valence-corrected chi connectivity index (χ0v) is 18.2. The minimum absolute atomic E-state index is 0.145. The lowest BCUT2D eigenvalue weighted by Gasteiger charge is -2.28. The van der Waals surface area contributed by atoms with Crippen LogP contribution in [0.25, 0.3) is 0 Å². The molecule has 0 aliphatic heterocycles. The lowest BCUT2D eigenvalue weighted by atomic mass is 10.1. The number of hydrogen-bond acceptors (Lipinski definition) is 5. The lowest BCUT2D eigenvalue weighted by Crippen LogP contribution is -2.12. The molecular weight excluding hydrogens is 402 g/mol. The molecule has 0 aliphatic rings. The van der Waals surface area contributed by atoms with Crippen molar-refractivity contribution in [2.45, 2.75) is 20.8 Å². The van der Waals surface area contributed by atoms with E-state index in [0.717, 1.165) is 33.8 Å². The van der Waals surface area contributed by atoms with Gasteiger partial charge >= 0.3 is 0 Å². The summed E-state index contributed by atoms with van der Waals surface area (Å²) >= 11 is 0. The average Bonchev–Trinajstić information content (AvgIpc) is 2.77. The van der Waals surface area contributed by atoms with E-state index in [1.54, 1.807) is 42.5 Å². The molecule has 0 saturated heterocycles. The highest BCUT2D eigenvalue weighted by atomic mass is 16.5. The molecule has 5 nitrogen and oxygen atoms in total. The first-order valence-electron chi connectivity index (χ1n) is 10.3. The Hall–Kier alpha value is -4.12. The molecule has 5 heteroatoms. The van der Waals surface area contributed by atoms with Crippen LogP contribution < -0.4 is 9.64 Å². The third-order valence-corrected chi connectivity index (χ3v) is 5.36. The van der Waals surface area contributed by atoms with Gasteiger partial charge in [0.1, 0.15) is 28.7 Å². The Kier molecular flexibility index (Phi) is 5.65. The van der Waals surface area contributed by atoms with Crippen LogP contribution >= 0.6 is 0 Å². The fourth-order valence-corrected chi connectivity index (χ4v) is 3.57. The van der Waals surface area contributed by atoms with Gasteiger partial charge in [-0.1, -0.05) is 18.2 Å². The van der Waals surface area contributed by atoms with Crippen molar-refractivity contribution >= 4 is 17.1 Å². The second kappa shape index (κ2) is 8.55. The van der Waals surface area contributed by atoms with E-state index < -0.39 is 0 Å². The Morgan fingerprint density at radius 3 is 1.56 bits per heavy atom. The first-order valence-corrected chi connectivity index (χ1v) is 10.3. The van der Waals surface area contributed by atoms with E-state index in [0.29, 0.717) is 11.5 Å². The zero-order valence-electron chi connectivity index (χ0n) is 18.2. The minimum atomic E-state index is 0.145. The van der Waals surface area contributed by atoms with Crippen LogP contribution in [0.4, 0.5) is 17.1 Å². The molecule has 0 fully saturated rings. The molecule has 0 spiro atoms. The average molecular weight is 428 g/mol. The van der Waals surface area contributed by atoms with Crippen molar-refractivity contribution in [1.82, 2.24) is 0 Å². The summed E-state index contributed by atoms with van der Waals surface area (Å²) in [6.07, 6.45) is 0. The van der Waals surface area contributed by atoms with Gasteiger partial charge in [0.25, 0.3) is 0 Å². The molecule has 32 heavy (non-hydrogen) atoms. The van der Waals surface area contributed by atoms with Gasteiger partial charge in [-0.05, 0) is 79.9 Å². The molecule has 4 rings (SSSR count). The van der Waals surface area contributed by atoms with Gasteiger partial charge in [-0.15, -0.1) is 0 Å². The SMILES string of the molecule is Cc1ccc(O)cc1Oc1ccc(N(c2cc(O)ccc2C)c2cc(O)ccc2C)cc1. The molecule has 0 aromatic heterocycles. The van der Waals surface area contributed by atoms with Crippen LogP contribution in [-0.2, 0) is 0 Å². The van der Waals surface area contributed by atoms with Gasteiger partial charge < -0.3 is 25.0 Å². The van der Waals surface area contributed by atoms with Crippen molar-refractivity contribution in [3.05, 3.63) is 95.6 Å². The number of anilines is 3. The predicted octanol–water partition coefficient (Wildman–Crippen LogP) is 6.99. The normalized spacial score (nSPS) is 10.7. The van der Waals surface area contributed by atoms with E-state index in [-0.39, 0.29) is 17.2 Å². The van der Waals surface area contributed by atoms with Gasteiger partial charge in [0.05, 0.1) is 11.4 Å². The third kappa shape index (κ3) is 4.32. The number of aryl methyl sites for hydroxylation is 3. The van der Waals surface area contributed by atoms with Crippen molar-refractivity contribution in [2.75, 3.05) is 4.90 Å². The largest absolute Gasteiger partial charge is 0.508 e. The van der Waals surface area contributed by atoms with E-state index in [1.165, 1.54) is 0 Å². The van der Waals surface area contributed by atoms with E-state index in [4.69, 9.17) is 4.74 Å². The molecule has 0 radical (unpaired) electrons. The van der Waals surface area contributed by atoms with Crippen molar-refractivity contribution in [3.63, 3.8) is 0 Å². The van der Waals surface area contributed by atoms with E-state index in [2.05, 4.69) is 0 Å². The molecule has 3 N–H and O–H groups in total. The smallest absolute Gasteiger partial charge is 0.134 e. The fraction of sp³-hybridized carbons (Fsp3) is 0.111. The monoisotopic (exact) mass is 427 g/mol. The topological polar surface area (TPSA) is 73.2 Å². The summed E-state index contributed by atoms with van der Waals surface area (Å²) in [5.41, 5.74) is 5.31. The predicted molar refractivity (Wildman–Crippen MR) is 127 cm³/mol. The Labute approximate surface area is 187 Å². The summed E-state index contributed by atoms with van der Waals surface area (Å²) in [6.45, 7) is 5.87. The van der Waals surface area contributed by atoms with Crippen LogP contribution in [0, 0.1) is 20.8 Å². The molecule has 0 bridgehead atoms. The number of rotatable bonds is 5. The number of hydrogen-bond donors (Lipinski definition) is 3. The van der Waals surface area contributed by atoms with Gasteiger partial charge in [-0.25, -0.2) is 0 Å². The van der Waals surface area contributed by atoms with Crippen molar-refractivity contribution in [3.8, 4) is 28.7 Å². The second-order valence-corrected chi connectivity index (χ2v) is 7.82. The van der Waals surface area contributed by atoms with E-state index in [1.807, 2.05) is 62.1 Å². The highest BCUT2D eigenvalue weighted by Gasteiger charge is 2.18. The highest BCUT2D eigenvalue weighted by Crippen LogP contribution is 2.41. The molecular formula is C27H25NO4. The summed E-state index contributed by atoms with van der Waals surface area (Å²) < 4.78 is 5.96. The molecule has 0 unspecified atom stereocenters. The van der Waals surface area contributed by atoms with Gasteiger partial charge in [-0.3, -0.25) is 0 Å². The summed E-state index contributed by atoms with van der Waals surface area (Å²) in [6, 6.07) is 23.0. The minimum Gasteiger partial charge on any atom is -0.508 e. The molecule has 0 saturated carbocycles. The van der Waals surface area contributed by atoms with Crippen molar-refractivity contribution in [1.29, 1.82) is 0 Å². The maximum Gasteiger partial charge on any atom is 0.134 e. The molecule has 4 aromatic rings. The van der Waals surface area contributed by atoms with Crippen LogP contribution in [0.15, 0.2) is 78.9 Å². The van der Waals surface area contributed by atoms with Crippen LogP contribution in [-0.4, -0.2) is 15.3 Å². The summed E-state index contributed by atoms with van der Waals surface area (Å²) in [5.74, 6) is 1.68. The van der Waals surface area contributed by atoms with Crippen LogP contribution in [0.3, 0.4) is 0 Å². The first kappa shape index (κ1) is 21.1. The van der Waals surface area contributed by atoms with Crippen LogP contribution in [0.5, 0.6) is 28.7 Å².